The molecule has 1 atom stereocenters. The molecular weight excluding hydrogens is 427 g/mol. The molecule has 2 aromatic rings. The fourth-order valence-corrected chi connectivity index (χ4v) is 3.80. The molecular formula is C18H25IN6. The van der Waals surface area contributed by atoms with E-state index in [1.807, 2.05) is 7.05 Å². The third-order valence-electron chi connectivity index (χ3n) is 5.10. The first-order valence-electron chi connectivity index (χ1n) is 8.78. The van der Waals surface area contributed by atoms with E-state index in [2.05, 4.69) is 54.7 Å². The summed E-state index contributed by atoms with van der Waals surface area (Å²) in [7, 11) is 1.81. The van der Waals surface area contributed by atoms with Gasteiger partial charge in [-0.25, -0.2) is 0 Å². The molecule has 0 fully saturated rings. The minimum absolute atomic E-state index is 0. The Morgan fingerprint density at radius 1 is 1.24 bits per heavy atom. The number of fused-ring (bicyclic) bond motifs is 2. The smallest absolute Gasteiger partial charge is 0.191 e. The molecule has 1 aliphatic heterocycles. The largest absolute Gasteiger partial charge is 0.356 e. The van der Waals surface area contributed by atoms with Gasteiger partial charge in [-0.1, -0.05) is 24.3 Å². The molecule has 2 N–H and O–H groups in total. The first-order valence-corrected chi connectivity index (χ1v) is 8.78. The highest BCUT2D eigenvalue weighted by atomic mass is 127. The van der Waals surface area contributed by atoms with Gasteiger partial charge >= 0.3 is 0 Å². The summed E-state index contributed by atoms with van der Waals surface area (Å²) in [5, 5.41) is 15.4. The lowest BCUT2D eigenvalue weighted by atomic mass is 10.0. The molecule has 0 radical (unpaired) electrons. The highest BCUT2D eigenvalue weighted by molar-refractivity contribution is 14.0. The van der Waals surface area contributed by atoms with Crippen molar-refractivity contribution in [2.75, 3.05) is 13.6 Å². The first-order chi connectivity index (χ1) is 11.8. The maximum atomic E-state index is 4.33. The molecule has 0 bridgehead atoms. The number of benzene rings is 1. The fraction of sp³-hybridized carbons (Fsp3) is 0.500. The molecule has 1 aliphatic carbocycles. The summed E-state index contributed by atoms with van der Waals surface area (Å²) in [6.07, 6.45) is 4.61. The van der Waals surface area contributed by atoms with Crippen molar-refractivity contribution in [3.63, 3.8) is 0 Å². The van der Waals surface area contributed by atoms with Crippen molar-refractivity contribution in [1.29, 1.82) is 0 Å². The monoisotopic (exact) mass is 452 g/mol. The lowest BCUT2D eigenvalue weighted by Crippen LogP contribution is -2.39. The van der Waals surface area contributed by atoms with Gasteiger partial charge in [-0.3, -0.25) is 4.99 Å². The van der Waals surface area contributed by atoms with E-state index in [1.54, 1.807) is 0 Å². The molecule has 1 aromatic carbocycles. The van der Waals surface area contributed by atoms with E-state index in [4.69, 9.17) is 0 Å². The van der Waals surface area contributed by atoms with Gasteiger partial charge in [0, 0.05) is 32.5 Å². The van der Waals surface area contributed by atoms with Gasteiger partial charge in [0.1, 0.15) is 5.82 Å². The summed E-state index contributed by atoms with van der Waals surface area (Å²) in [4.78, 5) is 4.33. The van der Waals surface area contributed by atoms with Crippen LogP contribution in [0.1, 0.15) is 41.5 Å². The zero-order valence-electron chi connectivity index (χ0n) is 14.5. The van der Waals surface area contributed by atoms with Crippen molar-refractivity contribution in [2.24, 2.45) is 4.99 Å². The van der Waals surface area contributed by atoms with Crippen molar-refractivity contribution in [3.05, 3.63) is 47.0 Å². The van der Waals surface area contributed by atoms with Crippen LogP contribution >= 0.6 is 24.0 Å². The van der Waals surface area contributed by atoms with Crippen LogP contribution in [0, 0.1) is 0 Å². The van der Waals surface area contributed by atoms with Crippen molar-refractivity contribution >= 4 is 29.9 Å². The van der Waals surface area contributed by atoms with Crippen LogP contribution in [-0.2, 0) is 25.9 Å². The second-order valence-corrected chi connectivity index (χ2v) is 6.53. The first kappa shape index (κ1) is 18.2. The van der Waals surface area contributed by atoms with Gasteiger partial charge in [0.25, 0.3) is 0 Å². The number of nitrogens with zero attached hydrogens (tertiary/aromatic N) is 4. The zero-order valence-corrected chi connectivity index (χ0v) is 16.9. The van der Waals surface area contributed by atoms with Gasteiger partial charge in [-0.15, -0.1) is 34.2 Å². The van der Waals surface area contributed by atoms with E-state index in [0.29, 0.717) is 12.5 Å². The molecule has 7 heteroatoms. The van der Waals surface area contributed by atoms with Crippen LogP contribution < -0.4 is 10.6 Å². The van der Waals surface area contributed by atoms with Crippen LogP contribution in [0.5, 0.6) is 0 Å². The minimum atomic E-state index is 0. The summed E-state index contributed by atoms with van der Waals surface area (Å²) in [6, 6.07) is 8.76. The summed E-state index contributed by atoms with van der Waals surface area (Å²) in [5.41, 5.74) is 2.97. The summed E-state index contributed by atoms with van der Waals surface area (Å²) < 4.78 is 2.22. The Morgan fingerprint density at radius 2 is 2.12 bits per heavy atom. The topological polar surface area (TPSA) is 67.1 Å². The van der Waals surface area contributed by atoms with E-state index in [9.17, 15) is 0 Å². The third-order valence-corrected chi connectivity index (χ3v) is 5.10. The second kappa shape index (κ2) is 8.16. The number of aliphatic imine (C=N–C) groups is 1. The lowest BCUT2D eigenvalue weighted by Gasteiger charge is -2.16. The maximum absolute atomic E-state index is 4.33. The van der Waals surface area contributed by atoms with E-state index in [0.717, 1.165) is 37.1 Å². The number of halogens is 1. The molecule has 0 saturated heterocycles. The van der Waals surface area contributed by atoms with Gasteiger partial charge in [0.05, 0.1) is 6.54 Å². The number of nitrogens with one attached hydrogen (secondary N) is 2. The molecule has 0 amide bonds. The van der Waals surface area contributed by atoms with Crippen LogP contribution in [-0.4, -0.2) is 34.3 Å². The number of guanidine groups is 1. The zero-order chi connectivity index (χ0) is 16.4. The van der Waals surface area contributed by atoms with Crippen LogP contribution in [0.15, 0.2) is 29.3 Å². The van der Waals surface area contributed by atoms with E-state index < -0.39 is 0 Å². The quantitative estimate of drug-likeness (QED) is 0.424. The highest BCUT2D eigenvalue weighted by Crippen LogP contribution is 2.32. The molecule has 0 spiro atoms. The van der Waals surface area contributed by atoms with Gasteiger partial charge in [-0.2, -0.15) is 0 Å². The number of hydrogen-bond donors (Lipinski definition) is 2. The number of hydrogen-bond acceptors (Lipinski definition) is 3. The van der Waals surface area contributed by atoms with Crippen molar-refractivity contribution in [2.45, 2.75) is 44.7 Å². The Hall–Kier alpha value is -1.64. The fourth-order valence-electron chi connectivity index (χ4n) is 3.80. The minimum Gasteiger partial charge on any atom is -0.356 e. The maximum Gasteiger partial charge on any atom is 0.191 e. The Morgan fingerprint density at radius 3 is 3.00 bits per heavy atom. The molecule has 6 nitrogen and oxygen atoms in total. The van der Waals surface area contributed by atoms with Gasteiger partial charge in [0.15, 0.2) is 11.8 Å². The number of rotatable bonds is 4. The normalized spacial score (nSPS) is 18.4. The van der Waals surface area contributed by atoms with Gasteiger partial charge in [-0.05, 0) is 30.4 Å². The summed E-state index contributed by atoms with van der Waals surface area (Å²) >= 11 is 0. The standard InChI is InChI=1S/C18H24N6.HI/c1-19-18(21-12-17-23-22-16-7-4-10-24(16)17)20-11-14-9-8-13-5-2-3-6-15(13)14;/h2-3,5-6,14H,4,7-12H2,1H3,(H2,19,20,21);1H. The van der Waals surface area contributed by atoms with Crippen LogP contribution in [0.2, 0.25) is 0 Å². The molecule has 1 unspecified atom stereocenters. The Bertz CT molecular complexity index is 754. The van der Waals surface area contributed by atoms with Gasteiger partial charge < -0.3 is 15.2 Å². The SMILES string of the molecule is CN=C(NCc1nnc2n1CCC2)NCC1CCc2ccccc21.I. The Balaban J connectivity index is 0.00000182. The lowest BCUT2D eigenvalue weighted by molar-refractivity contribution is 0.630. The predicted molar refractivity (Wildman–Crippen MR) is 109 cm³/mol. The van der Waals surface area contributed by atoms with Crippen molar-refractivity contribution < 1.29 is 0 Å². The summed E-state index contributed by atoms with van der Waals surface area (Å²) in [5.74, 6) is 3.50. The Kier molecular flexibility index (Phi) is 5.93. The molecule has 1 aromatic heterocycles. The molecule has 0 saturated carbocycles. The molecule has 2 heterocycles. The molecule has 134 valence electrons. The van der Waals surface area contributed by atoms with Gasteiger partial charge in [0.2, 0.25) is 0 Å². The van der Waals surface area contributed by atoms with E-state index in [-0.39, 0.29) is 24.0 Å². The second-order valence-electron chi connectivity index (χ2n) is 6.53. The molecule has 4 rings (SSSR count). The average molecular weight is 452 g/mol. The third kappa shape index (κ3) is 3.80. The Labute approximate surface area is 165 Å². The highest BCUT2D eigenvalue weighted by Gasteiger charge is 2.22. The average Bonchev–Trinajstić information content (AvgIpc) is 3.31. The molecule has 2 aliphatic rings. The summed E-state index contributed by atoms with van der Waals surface area (Å²) in [6.45, 7) is 2.60. The van der Waals surface area contributed by atoms with E-state index >= 15 is 0 Å². The van der Waals surface area contributed by atoms with Crippen LogP contribution in [0.25, 0.3) is 0 Å². The van der Waals surface area contributed by atoms with Crippen molar-refractivity contribution in [3.8, 4) is 0 Å². The number of aryl methyl sites for hydroxylation is 2. The van der Waals surface area contributed by atoms with Crippen LogP contribution in [0.4, 0.5) is 0 Å². The predicted octanol–water partition coefficient (Wildman–Crippen LogP) is 2.24. The van der Waals surface area contributed by atoms with Crippen molar-refractivity contribution in [1.82, 2.24) is 25.4 Å². The van der Waals surface area contributed by atoms with E-state index in [1.165, 1.54) is 30.4 Å². The number of aromatic nitrogens is 3. The van der Waals surface area contributed by atoms with Crippen LogP contribution in [0.3, 0.4) is 0 Å². The molecule has 25 heavy (non-hydrogen) atoms.